The molecule has 0 aliphatic heterocycles. The van der Waals surface area contributed by atoms with Crippen molar-refractivity contribution in [3.63, 3.8) is 0 Å². The molecule has 0 saturated carbocycles. The Kier molecular flexibility index (Phi) is 4.20. The van der Waals surface area contributed by atoms with Crippen LogP contribution in [0.5, 0.6) is 0 Å². The molecule has 15 heavy (non-hydrogen) atoms. The number of benzene rings is 1. The van der Waals surface area contributed by atoms with Gasteiger partial charge in [-0.2, -0.15) is 0 Å². The second-order valence-corrected chi connectivity index (χ2v) is 4.40. The highest BCUT2D eigenvalue weighted by Gasteiger charge is 2.10. The van der Waals surface area contributed by atoms with Crippen LogP contribution >= 0.6 is 15.9 Å². The van der Waals surface area contributed by atoms with Gasteiger partial charge in [-0.15, -0.1) is 0 Å². The van der Waals surface area contributed by atoms with Gasteiger partial charge in [-0.05, 0) is 19.1 Å². The number of amides is 1. The SMILES string of the molecule is CC(Br)C(=O)Nc1ccc(C(F)F)cc1. The minimum absolute atomic E-state index is 0.0557. The molecule has 0 aromatic heterocycles. The van der Waals surface area contributed by atoms with E-state index in [4.69, 9.17) is 0 Å². The summed E-state index contributed by atoms with van der Waals surface area (Å²) >= 11 is 3.10. The molecule has 1 rings (SSSR count). The second kappa shape index (κ2) is 5.21. The molecule has 1 atom stereocenters. The number of halogens is 3. The summed E-state index contributed by atoms with van der Waals surface area (Å²) in [5, 5.41) is 2.58. The number of hydrogen-bond donors (Lipinski definition) is 1. The summed E-state index contributed by atoms with van der Waals surface area (Å²) in [6, 6.07) is 5.49. The molecule has 1 N–H and O–H groups in total. The highest BCUT2D eigenvalue weighted by Crippen LogP contribution is 2.20. The van der Waals surface area contributed by atoms with E-state index in [2.05, 4.69) is 21.2 Å². The molecule has 0 saturated heterocycles. The molecule has 2 nitrogen and oxygen atoms in total. The standard InChI is InChI=1S/C10H10BrF2NO/c1-6(11)10(15)14-8-4-2-7(3-5-8)9(12)13/h2-6,9H,1H3,(H,14,15). The molecule has 0 aliphatic rings. The van der Waals surface area contributed by atoms with E-state index in [0.717, 1.165) is 0 Å². The maximum absolute atomic E-state index is 12.2. The van der Waals surface area contributed by atoms with E-state index >= 15 is 0 Å². The molecule has 0 fully saturated rings. The van der Waals surface area contributed by atoms with Gasteiger partial charge in [-0.25, -0.2) is 8.78 Å². The van der Waals surface area contributed by atoms with Crippen molar-refractivity contribution in [1.82, 2.24) is 0 Å². The van der Waals surface area contributed by atoms with E-state index in [0.29, 0.717) is 5.69 Å². The number of alkyl halides is 3. The van der Waals surface area contributed by atoms with Crippen molar-refractivity contribution >= 4 is 27.5 Å². The van der Waals surface area contributed by atoms with Crippen LogP contribution in [0.1, 0.15) is 18.9 Å². The fourth-order valence-corrected chi connectivity index (χ4v) is 1.07. The maximum atomic E-state index is 12.2. The molecule has 5 heteroatoms. The Morgan fingerprint density at radius 2 is 1.87 bits per heavy atom. The Morgan fingerprint density at radius 3 is 2.27 bits per heavy atom. The van der Waals surface area contributed by atoms with Crippen LogP contribution in [0.25, 0.3) is 0 Å². The lowest BCUT2D eigenvalue weighted by molar-refractivity contribution is -0.115. The first-order valence-electron chi connectivity index (χ1n) is 4.33. The van der Waals surface area contributed by atoms with E-state index in [1.807, 2.05) is 0 Å². The third kappa shape index (κ3) is 3.58. The number of nitrogens with one attached hydrogen (secondary N) is 1. The number of carbonyl (C=O) groups is 1. The topological polar surface area (TPSA) is 29.1 Å². The fraction of sp³-hybridized carbons (Fsp3) is 0.300. The summed E-state index contributed by atoms with van der Waals surface area (Å²) in [6.07, 6.45) is -2.48. The van der Waals surface area contributed by atoms with Crippen LogP contribution in [-0.4, -0.2) is 10.7 Å². The van der Waals surface area contributed by atoms with Gasteiger partial charge in [-0.3, -0.25) is 4.79 Å². The Morgan fingerprint density at radius 1 is 1.33 bits per heavy atom. The minimum atomic E-state index is -2.48. The summed E-state index contributed by atoms with van der Waals surface area (Å²) in [4.78, 5) is 10.9. The second-order valence-electron chi connectivity index (χ2n) is 3.03. The molecule has 0 spiro atoms. The zero-order valence-electron chi connectivity index (χ0n) is 8.01. The molecule has 0 radical (unpaired) electrons. The molecule has 0 bridgehead atoms. The van der Waals surface area contributed by atoms with E-state index in [9.17, 15) is 13.6 Å². The molecule has 1 aromatic carbocycles. The summed E-state index contributed by atoms with van der Waals surface area (Å²) in [5.74, 6) is -0.209. The minimum Gasteiger partial charge on any atom is -0.325 e. The Hall–Kier alpha value is -0.970. The van der Waals surface area contributed by atoms with Crippen molar-refractivity contribution in [2.75, 3.05) is 5.32 Å². The van der Waals surface area contributed by atoms with Gasteiger partial charge in [0.25, 0.3) is 6.43 Å². The van der Waals surface area contributed by atoms with Crippen LogP contribution in [0.3, 0.4) is 0 Å². The lowest BCUT2D eigenvalue weighted by Crippen LogP contribution is -2.19. The quantitative estimate of drug-likeness (QED) is 0.844. The summed E-state index contributed by atoms with van der Waals surface area (Å²) < 4.78 is 24.4. The summed E-state index contributed by atoms with van der Waals surface area (Å²) in [7, 11) is 0. The van der Waals surface area contributed by atoms with Crippen LogP contribution < -0.4 is 5.32 Å². The van der Waals surface area contributed by atoms with E-state index in [1.54, 1.807) is 6.92 Å². The molecule has 1 amide bonds. The lowest BCUT2D eigenvalue weighted by Gasteiger charge is -2.07. The Labute approximate surface area is 94.8 Å². The zero-order valence-corrected chi connectivity index (χ0v) is 9.59. The first kappa shape index (κ1) is 12.1. The highest BCUT2D eigenvalue weighted by molar-refractivity contribution is 9.10. The average Bonchev–Trinajstić information content (AvgIpc) is 2.18. The Bertz CT molecular complexity index is 338. The van der Waals surface area contributed by atoms with E-state index in [1.165, 1.54) is 24.3 Å². The third-order valence-corrected chi connectivity index (χ3v) is 2.21. The molecule has 82 valence electrons. The molecule has 0 aliphatic carbocycles. The predicted octanol–water partition coefficient (Wildman–Crippen LogP) is 3.35. The average molecular weight is 278 g/mol. The van der Waals surface area contributed by atoms with Crippen LogP contribution in [0.4, 0.5) is 14.5 Å². The lowest BCUT2D eigenvalue weighted by atomic mass is 10.2. The van der Waals surface area contributed by atoms with Crippen LogP contribution in [0.2, 0.25) is 0 Å². The van der Waals surface area contributed by atoms with E-state index < -0.39 is 6.43 Å². The number of hydrogen-bond acceptors (Lipinski definition) is 1. The number of rotatable bonds is 3. The first-order chi connectivity index (χ1) is 7.00. The maximum Gasteiger partial charge on any atom is 0.263 e. The van der Waals surface area contributed by atoms with Gasteiger partial charge in [0, 0.05) is 11.3 Å². The molecular weight excluding hydrogens is 268 g/mol. The fourth-order valence-electron chi connectivity index (χ4n) is 0.954. The summed E-state index contributed by atoms with van der Waals surface area (Å²) in [6.45, 7) is 1.68. The third-order valence-electron chi connectivity index (χ3n) is 1.79. The van der Waals surface area contributed by atoms with Gasteiger partial charge in [0.1, 0.15) is 0 Å². The highest BCUT2D eigenvalue weighted by atomic mass is 79.9. The van der Waals surface area contributed by atoms with Crippen molar-refractivity contribution in [3.05, 3.63) is 29.8 Å². The van der Waals surface area contributed by atoms with Crippen molar-refractivity contribution in [2.45, 2.75) is 18.2 Å². The van der Waals surface area contributed by atoms with Crippen molar-refractivity contribution < 1.29 is 13.6 Å². The first-order valence-corrected chi connectivity index (χ1v) is 5.25. The predicted molar refractivity (Wildman–Crippen MR) is 58.4 cm³/mol. The van der Waals surface area contributed by atoms with Crippen LogP contribution in [0, 0.1) is 0 Å². The van der Waals surface area contributed by atoms with Crippen LogP contribution in [-0.2, 0) is 4.79 Å². The van der Waals surface area contributed by atoms with Gasteiger partial charge >= 0.3 is 0 Å². The van der Waals surface area contributed by atoms with Gasteiger partial charge in [0.2, 0.25) is 5.91 Å². The van der Waals surface area contributed by atoms with Gasteiger partial charge in [0.05, 0.1) is 4.83 Å². The van der Waals surface area contributed by atoms with Gasteiger partial charge < -0.3 is 5.32 Å². The zero-order chi connectivity index (χ0) is 11.4. The normalized spacial score (nSPS) is 12.6. The molecule has 0 heterocycles. The number of carbonyl (C=O) groups excluding carboxylic acids is 1. The Balaban J connectivity index is 2.69. The molecule has 1 aromatic rings. The van der Waals surface area contributed by atoms with Crippen molar-refractivity contribution in [2.24, 2.45) is 0 Å². The smallest absolute Gasteiger partial charge is 0.263 e. The summed E-state index contributed by atoms with van der Waals surface area (Å²) in [5.41, 5.74) is 0.454. The van der Waals surface area contributed by atoms with Crippen LogP contribution in [0.15, 0.2) is 24.3 Å². The van der Waals surface area contributed by atoms with E-state index in [-0.39, 0.29) is 16.3 Å². The van der Waals surface area contributed by atoms with Crippen molar-refractivity contribution in [1.29, 1.82) is 0 Å². The van der Waals surface area contributed by atoms with Crippen molar-refractivity contribution in [3.8, 4) is 0 Å². The molecular formula is C10H10BrF2NO. The monoisotopic (exact) mass is 277 g/mol. The molecule has 1 unspecified atom stereocenters. The van der Waals surface area contributed by atoms with Gasteiger partial charge in [0.15, 0.2) is 0 Å². The largest absolute Gasteiger partial charge is 0.325 e. The number of anilines is 1. The van der Waals surface area contributed by atoms with Gasteiger partial charge in [-0.1, -0.05) is 28.1 Å².